The van der Waals surface area contributed by atoms with Crippen molar-refractivity contribution in [2.75, 3.05) is 36.0 Å². The summed E-state index contributed by atoms with van der Waals surface area (Å²) in [4.78, 5) is 47.7. The van der Waals surface area contributed by atoms with Gasteiger partial charge >= 0.3 is 5.69 Å². The molecule has 0 amide bonds. The molecule has 5 rings (SSSR count). The second kappa shape index (κ2) is 8.84. The summed E-state index contributed by atoms with van der Waals surface area (Å²) in [6.45, 7) is 9.30. The molecule has 5 heterocycles. The predicted octanol–water partition coefficient (Wildman–Crippen LogP) is 2.53. The Hall–Kier alpha value is -3.27. The number of piperazine rings is 1. The van der Waals surface area contributed by atoms with Crippen LogP contribution in [-0.4, -0.2) is 51.1 Å². The summed E-state index contributed by atoms with van der Waals surface area (Å²) in [6, 6.07) is 3.89. The molecule has 0 aliphatic carbocycles. The van der Waals surface area contributed by atoms with Crippen LogP contribution in [0.3, 0.4) is 0 Å². The molecule has 0 saturated carbocycles. The van der Waals surface area contributed by atoms with Gasteiger partial charge in [-0.2, -0.15) is 0 Å². The summed E-state index contributed by atoms with van der Waals surface area (Å²) < 4.78 is 0.505. The minimum atomic E-state index is -0.493. The van der Waals surface area contributed by atoms with Crippen molar-refractivity contribution in [3.05, 3.63) is 50.9 Å². The second-order valence-corrected chi connectivity index (χ2v) is 7.91. The summed E-state index contributed by atoms with van der Waals surface area (Å²) in [5.74, 6) is 1.64. The third kappa shape index (κ3) is 3.90. The molecule has 31 heavy (non-hydrogen) atoms. The van der Waals surface area contributed by atoms with Crippen molar-refractivity contribution in [2.45, 2.75) is 27.2 Å². The Morgan fingerprint density at radius 3 is 2.39 bits per heavy atom. The van der Waals surface area contributed by atoms with E-state index < -0.39 is 5.69 Å². The van der Waals surface area contributed by atoms with Gasteiger partial charge in [-0.05, 0) is 24.1 Å². The average molecular weight is 440 g/mol. The van der Waals surface area contributed by atoms with Crippen LogP contribution < -0.4 is 21.0 Å². The van der Waals surface area contributed by atoms with Gasteiger partial charge in [-0.25, -0.2) is 19.7 Å². The number of nitrogens with zero attached hydrogens (tertiary/aromatic N) is 5. The minimum absolute atomic E-state index is 0.369. The molecule has 162 valence electrons. The van der Waals surface area contributed by atoms with Gasteiger partial charge in [-0.3, -0.25) is 9.78 Å². The number of fused-ring (bicyclic) bond motifs is 3. The number of aromatic amines is 2. The number of anilines is 2. The van der Waals surface area contributed by atoms with E-state index in [0.717, 1.165) is 60.1 Å². The molecule has 0 spiro atoms. The molecule has 1 aliphatic heterocycles. The van der Waals surface area contributed by atoms with Gasteiger partial charge in [0, 0.05) is 44.0 Å². The molecule has 0 aromatic carbocycles. The topological polar surface area (TPSA) is 111 Å². The monoisotopic (exact) mass is 439 g/mol. The van der Waals surface area contributed by atoms with Gasteiger partial charge in [0.05, 0.1) is 5.52 Å². The summed E-state index contributed by atoms with van der Waals surface area (Å²) in [5, 5.41) is 0.871. The first-order valence-corrected chi connectivity index (χ1v) is 11.3. The number of nitrogens with one attached hydrogen (secondary N) is 2. The Bertz CT molecular complexity index is 1300. The average Bonchev–Trinajstić information content (AvgIpc) is 3.19. The highest BCUT2D eigenvalue weighted by Crippen LogP contribution is 2.34. The van der Waals surface area contributed by atoms with Crippen LogP contribution in [0.4, 0.5) is 11.8 Å². The van der Waals surface area contributed by atoms with Crippen molar-refractivity contribution >= 4 is 43.5 Å². The molecule has 9 nitrogen and oxygen atoms in total. The Morgan fingerprint density at radius 2 is 1.71 bits per heavy atom. The molecule has 10 heteroatoms. The lowest BCUT2D eigenvalue weighted by molar-refractivity contribution is 0.635. The molecule has 1 aliphatic rings. The number of thiophene rings is 1. The Labute approximate surface area is 182 Å². The van der Waals surface area contributed by atoms with Crippen LogP contribution >= 0.6 is 11.3 Å². The molecule has 1 saturated heterocycles. The lowest BCUT2D eigenvalue weighted by atomic mass is 10.1. The lowest BCUT2D eigenvalue weighted by Gasteiger charge is -2.35. The zero-order chi connectivity index (χ0) is 22.0. The minimum Gasteiger partial charge on any atom is -0.353 e. The molecular formula is C21H25N7O2S. The van der Waals surface area contributed by atoms with E-state index in [4.69, 9.17) is 4.98 Å². The third-order valence-corrected chi connectivity index (χ3v) is 6.30. The van der Waals surface area contributed by atoms with Gasteiger partial charge in [-0.1, -0.05) is 20.8 Å². The van der Waals surface area contributed by atoms with Crippen molar-refractivity contribution in [3.8, 4) is 0 Å². The van der Waals surface area contributed by atoms with E-state index in [1.54, 1.807) is 12.4 Å². The summed E-state index contributed by atoms with van der Waals surface area (Å²) in [5.41, 5.74) is 0.798. The molecule has 4 aromatic heterocycles. The van der Waals surface area contributed by atoms with Crippen molar-refractivity contribution < 1.29 is 0 Å². The van der Waals surface area contributed by atoms with Crippen LogP contribution in [0.2, 0.25) is 0 Å². The zero-order valence-electron chi connectivity index (χ0n) is 17.8. The van der Waals surface area contributed by atoms with Crippen LogP contribution in [0.5, 0.6) is 0 Å². The lowest BCUT2D eigenvalue weighted by Crippen LogP contribution is -2.47. The maximum atomic E-state index is 12.2. The maximum Gasteiger partial charge on any atom is 0.326 e. The number of hydrogen-bond donors (Lipinski definition) is 2. The van der Waals surface area contributed by atoms with E-state index in [2.05, 4.69) is 42.7 Å². The van der Waals surface area contributed by atoms with Crippen molar-refractivity contribution in [2.24, 2.45) is 0 Å². The van der Waals surface area contributed by atoms with Gasteiger partial charge in [0.1, 0.15) is 15.3 Å². The Kier molecular flexibility index (Phi) is 5.99. The molecule has 1 fully saturated rings. The fraction of sp³-hybridized carbons (Fsp3) is 0.381. The van der Waals surface area contributed by atoms with Crippen LogP contribution in [0.25, 0.3) is 20.4 Å². The number of aryl methyl sites for hydroxylation is 1. The zero-order valence-corrected chi connectivity index (χ0v) is 18.6. The molecule has 2 N–H and O–H groups in total. The largest absolute Gasteiger partial charge is 0.353 e. The van der Waals surface area contributed by atoms with Gasteiger partial charge in [-0.15, -0.1) is 11.3 Å². The normalized spacial score (nSPS) is 14.0. The molecular weight excluding hydrogens is 414 g/mol. The smallest absolute Gasteiger partial charge is 0.326 e. The summed E-state index contributed by atoms with van der Waals surface area (Å²) in [7, 11) is 0. The fourth-order valence-corrected chi connectivity index (χ4v) is 4.84. The molecule has 4 aromatic rings. The maximum absolute atomic E-state index is 12.2. The molecule has 0 unspecified atom stereocenters. The summed E-state index contributed by atoms with van der Waals surface area (Å²) in [6.07, 6.45) is 4.29. The van der Waals surface area contributed by atoms with E-state index >= 15 is 0 Å². The number of aromatic nitrogens is 5. The quantitative estimate of drug-likeness (QED) is 0.505. The van der Waals surface area contributed by atoms with E-state index in [0.29, 0.717) is 10.2 Å². The van der Waals surface area contributed by atoms with Crippen LogP contribution in [0.15, 0.2) is 34.1 Å². The Morgan fingerprint density at radius 1 is 1.03 bits per heavy atom. The standard InChI is InChI=1S/C19H19N7O2S.C2H6/c1-2-11-10-12(25-6-8-26(9-7-25)18-20-4-3-5-21-18)22-17-13(11)14-15(29-17)16(27)24-19(28)23-14;1-2/h3-5,10H,2,6-9H2,1H3,(H2,23,24,27,28);1-2H3. The van der Waals surface area contributed by atoms with E-state index in [1.807, 2.05) is 19.9 Å². The number of hydrogen-bond acceptors (Lipinski definition) is 8. The first-order valence-electron chi connectivity index (χ1n) is 10.5. The SMILES string of the molecule is CC.CCc1cc(N2CCN(c3ncccn3)CC2)nc2sc3c(=O)[nH]c(=O)[nH]c3c12. The van der Waals surface area contributed by atoms with E-state index in [1.165, 1.54) is 11.3 Å². The molecule has 0 atom stereocenters. The van der Waals surface area contributed by atoms with E-state index in [9.17, 15) is 9.59 Å². The fourth-order valence-electron chi connectivity index (χ4n) is 3.77. The number of rotatable bonds is 3. The highest BCUT2D eigenvalue weighted by molar-refractivity contribution is 7.25. The molecule has 0 radical (unpaired) electrons. The van der Waals surface area contributed by atoms with E-state index in [-0.39, 0.29) is 5.56 Å². The van der Waals surface area contributed by atoms with Crippen LogP contribution in [0, 0.1) is 0 Å². The highest BCUT2D eigenvalue weighted by atomic mass is 32.1. The summed E-state index contributed by atoms with van der Waals surface area (Å²) >= 11 is 1.32. The van der Waals surface area contributed by atoms with Crippen molar-refractivity contribution in [3.63, 3.8) is 0 Å². The first kappa shape index (κ1) is 21.0. The Balaban J connectivity index is 0.00000112. The van der Waals surface area contributed by atoms with Gasteiger partial charge in [0.15, 0.2) is 0 Å². The predicted molar refractivity (Wildman–Crippen MR) is 126 cm³/mol. The number of pyridine rings is 1. The first-order chi connectivity index (χ1) is 15.1. The van der Waals surface area contributed by atoms with Crippen LogP contribution in [-0.2, 0) is 6.42 Å². The van der Waals surface area contributed by atoms with Crippen LogP contribution in [0.1, 0.15) is 26.3 Å². The number of H-pyrrole nitrogens is 2. The van der Waals surface area contributed by atoms with Gasteiger partial charge < -0.3 is 14.8 Å². The van der Waals surface area contributed by atoms with Gasteiger partial charge in [0.2, 0.25) is 5.95 Å². The third-order valence-electron chi connectivity index (χ3n) is 5.22. The second-order valence-electron chi connectivity index (χ2n) is 6.91. The van der Waals surface area contributed by atoms with Crippen molar-refractivity contribution in [1.29, 1.82) is 0 Å². The highest BCUT2D eigenvalue weighted by Gasteiger charge is 2.22. The molecule has 0 bridgehead atoms. The van der Waals surface area contributed by atoms with Crippen molar-refractivity contribution in [1.82, 2.24) is 24.9 Å². The van der Waals surface area contributed by atoms with Gasteiger partial charge in [0.25, 0.3) is 5.56 Å².